The molecule has 1 aliphatic rings. The van der Waals surface area contributed by atoms with Crippen molar-refractivity contribution < 1.29 is 4.74 Å². The average molecular weight is 284 g/mol. The minimum absolute atomic E-state index is 0.807. The number of aromatic nitrogens is 1. The maximum absolute atomic E-state index is 5.86. The summed E-state index contributed by atoms with van der Waals surface area (Å²) in [7, 11) is 1.68. The molecule has 0 bridgehead atoms. The molecule has 2 heterocycles. The molecule has 2 aromatic rings. The Balaban J connectivity index is 1.70. The molecule has 0 atom stereocenters. The van der Waals surface area contributed by atoms with Crippen molar-refractivity contribution in [3.63, 3.8) is 0 Å². The largest absolute Gasteiger partial charge is 0.493 e. The van der Waals surface area contributed by atoms with E-state index in [9.17, 15) is 0 Å². The third-order valence-electron chi connectivity index (χ3n) is 3.79. The number of nitrogens with two attached hydrogens (primary N) is 1. The molecule has 0 saturated carbocycles. The molecule has 3 rings (SSSR count). The minimum Gasteiger partial charge on any atom is -0.493 e. The fraction of sp³-hybridized carbons (Fsp3) is 0.312. The molecule has 1 fully saturated rings. The lowest BCUT2D eigenvalue weighted by atomic mass is 10.2. The van der Waals surface area contributed by atoms with Gasteiger partial charge in [-0.15, -0.1) is 0 Å². The number of methoxy groups -OCH3 is 1. The number of benzene rings is 1. The fourth-order valence-electron chi connectivity index (χ4n) is 2.68. The first-order chi connectivity index (χ1) is 10.3. The molecule has 1 aromatic carbocycles. The number of piperazine rings is 1. The zero-order valence-corrected chi connectivity index (χ0v) is 12.2. The van der Waals surface area contributed by atoms with Gasteiger partial charge in [0.05, 0.1) is 7.11 Å². The first-order valence-electron chi connectivity index (χ1n) is 7.12. The number of ether oxygens (including phenoxy) is 1. The van der Waals surface area contributed by atoms with E-state index in [1.54, 1.807) is 7.11 Å². The van der Waals surface area contributed by atoms with Crippen LogP contribution in [-0.2, 0) is 0 Å². The fourth-order valence-corrected chi connectivity index (χ4v) is 2.68. The number of nitrogen functional groups attached to an aromatic ring is 1. The number of nitrogens with zero attached hydrogens (tertiary/aromatic N) is 3. The highest BCUT2D eigenvalue weighted by Gasteiger charge is 2.20. The van der Waals surface area contributed by atoms with E-state index < -0.39 is 0 Å². The molecule has 21 heavy (non-hydrogen) atoms. The van der Waals surface area contributed by atoms with Crippen LogP contribution in [0.1, 0.15) is 0 Å². The first-order valence-corrected chi connectivity index (χ1v) is 7.12. The molecule has 110 valence electrons. The van der Waals surface area contributed by atoms with Crippen molar-refractivity contribution in [3.05, 3.63) is 42.6 Å². The molecule has 5 heteroatoms. The van der Waals surface area contributed by atoms with E-state index in [4.69, 9.17) is 10.5 Å². The summed E-state index contributed by atoms with van der Waals surface area (Å²) in [6, 6.07) is 11.9. The summed E-state index contributed by atoms with van der Waals surface area (Å²) >= 11 is 0. The molecular formula is C16H20N4O. The third kappa shape index (κ3) is 2.86. The van der Waals surface area contributed by atoms with Gasteiger partial charge in [0.1, 0.15) is 0 Å². The van der Waals surface area contributed by atoms with Crippen molar-refractivity contribution in [2.24, 2.45) is 0 Å². The smallest absolute Gasteiger partial charge is 0.171 e. The maximum atomic E-state index is 5.86. The molecule has 0 spiro atoms. The van der Waals surface area contributed by atoms with E-state index in [1.165, 1.54) is 5.69 Å². The van der Waals surface area contributed by atoms with Gasteiger partial charge in [-0.1, -0.05) is 6.07 Å². The van der Waals surface area contributed by atoms with Gasteiger partial charge in [0, 0.05) is 43.8 Å². The van der Waals surface area contributed by atoms with Crippen LogP contribution in [0.5, 0.6) is 5.75 Å². The minimum atomic E-state index is 0.807. The van der Waals surface area contributed by atoms with Crippen molar-refractivity contribution in [3.8, 4) is 5.75 Å². The molecule has 5 nitrogen and oxygen atoms in total. The van der Waals surface area contributed by atoms with Crippen LogP contribution in [-0.4, -0.2) is 38.3 Å². The molecule has 1 aromatic heterocycles. The van der Waals surface area contributed by atoms with Crippen molar-refractivity contribution in [2.75, 3.05) is 48.8 Å². The number of hydrogen-bond acceptors (Lipinski definition) is 5. The van der Waals surface area contributed by atoms with E-state index in [0.717, 1.165) is 43.4 Å². The average Bonchev–Trinajstić information content (AvgIpc) is 2.55. The molecule has 2 N–H and O–H groups in total. The van der Waals surface area contributed by atoms with Crippen LogP contribution >= 0.6 is 0 Å². The summed E-state index contributed by atoms with van der Waals surface area (Å²) in [5, 5.41) is 0. The quantitative estimate of drug-likeness (QED) is 0.874. The highest BCUT2D eigenvalue weighted by atomic mass is 16.5. The highest BCUT2D eigenvalue weighted by Crippen LogP contribution is 2.27. The van der Waals surface area contributed by atoms with Gasteiger partial charge in [-0.3, -0.25) is 0 Å². The van der Waals surface area contributed by atoms with Crippen LogP contribution in [0.15, 0.2) is 42.6 Å². The monoisotopic (exact) mass is 284 g/mol. The second kappa shape index (κ2) is 5.91. The molecule has 0 unspecified atom stereocenters. The van der Waals surface area contributed by atoms with E-state index in [2.05, 4.69) is 20.9 Å². The van der Waals surface area contributed by atoms with Gasteiger partial charge < -0.3 is 20.3 Å². The standard InChI is InChI=1S/C16H20N4O/c1-21-15-6-3-7-18-16(15)20-10-8-19(9-11-20)14-5-2-4-13(17)12-14/h2-7,12H,8-11,17H2,1H3. The van der Waals surface area contributed by atoms with Gasteiger partial charge in [0.15, 0.2) is 11.6 Å². The number of anilines is 3. The summed E-state index contributed by atoms with van der Waals surface area (Å²) in [5.74, 6) is 1.75. The van der Waals surface area contributed by atoms with Crippen molar-refractivity contribution in [1.29, 1.82) is 0 Å². The number of hydrogen-bond donors (Lipinski definition) is 1. The predicted molar refractivity (Wildman–Crippen MR) is 86.1 cm³/mol. The molecule has 0 aliphatic carbocycles. The normalized spacial score (nSPS) is 15.1. The Morgan fingerprint density at radius 1 is 1.05 bits per heavy atom. The zero-order valence-electron chi connectivity index (χ0n) is 12.2. The Morgan fingerprint density at radius 2 is 1.81 bits per heavy atom. The number of pyridine rings is 1. The van der Waals surface area contributed by atoms with Crippen molar-refractivity contribution in [1.82, 2.24) is 4.98 Å². The van der Waals surface area contributed by atoms with Gasteiger partial charge >= 0.3 is 0 Å². The summed E-state index contributed by atoms with van der Waals surface area (Å²) in [6.45, 7) is 3.73. The van der Waals surface area contributed by atoms with Crippen LogP contribution in [0, 0.1) is 0 Å². The van der Waals surface area contributed by atoms with E-state index in [1.807, 2.05) is 36.5 Å². The Labute approximate surface area is 125 Å². The van der Waals surface area contributed by atoms with Crippen LogP contribution in [0.3, 0.4) is 0 Å². The summed E-state index contributed by atoms with van der Waals surface area (Å²) in [6.07, 6.45) is 1.81. The Hall–Kier alpha value is -2.43. The van der Waals surface area contributed by atoms with E-state index in [-0.39, 0.29) is 0 Å². The van der Waals surface area contributed by atoms with Crippen molar-refractivity contribution >= 4 is 17.2 Å². The summed E-state index contributed by atoms with van der Waals surface area (Å²) in [4.78, 5) is 9.06. The van der Waals surface area contributed by atoms with Crippen LogP contribution in [0.2, 0.25) is 0 Å². The third-order valence-corrected chi connectivity index (χ3v) is 3.79. The highest BCUT2D eigenvalue weighted by molar-refractivity contribution is 5.58. The molecule has 0 amide bonds. The molecular weight excluding hydrogens is 264 g/mol. The van der Waals surface area contributed by atoms with Gasteiger partial charge in [0.2, 0.25) is 0 Å². The van der Waals surface area contributed by atoms with Crippen LogP contribution in [0.25, 0.3) is 0 Å². The first kappa shape index (κ1) is 13.5. The van der Waals surface area contributed by atoms with Gasteiger partial charge in [-0.25, -0.2) is 4.98 Å². The van der Waals surface area contributed by atoms with Gasteiger partial charge in [-0.2, -0.15) is 0 Å². The summed E-state index contributed by atoms with van der Waals surface area (Å²) in [5.41, 5.74) is 7.85. The van der Waals surface area contributed by atoms with Crippen LogP contribution < -0.4 is 20.3 Å². The van der Waals surface area contributed by atoms with E-state index in [0.29, 0.717) is 0 Å². The lowest BCUT2D eigenvalue weighted by Gasteiger charge is -2.37. The summed E-state index contributed by atoms with van der Waals surface area (Å²) < 4.78 is 5.39. The van der Waals surface area contributed by atoms with Crippen LogP contribution in [0.4, 0.5) is 17.2 Å². The Bertz CT molecular complexity index is 609. The SMILES string of the molecule is COc1cccnc1N1CCN(c2cccc(N)c2)CC1. The topological polar surface area (TPSA) is 54.6 Å². The lowest BCUT2D eigenvalue weighted by Crippen LogP contribution is -2.47. The van der Waals surface area contributed by atoms with Gasteiger partial charge in [0.25, 0.3) is 0 Å². The second-order valence-corrected chi connectivity index (χ2v) is 5.10. The van der Waals surface area contributed by atoms with Gasteiger partial charge in [-0.05, 0) is 30.3 Å². The Kier molecular flexibility index (Phi) is 3.81. The van der Waals surface area contributed by atoms with Crippen molar-refractivity contribution in [2.45, 2.75) is 0 Å². The maximum Gasteiger partial charge on any atom is 0.171 e. The molecule has 1 saturated heterocycles. The van der Waals surface area contributed by atoms with E-state index >= 15 is 0 Å². The second-order valence-electron chi connectivity index (χ2n) is 5.10. The number of rotatable bonds is 3. The molecule has 1 aliphatic heterocycles. The lowest BCUT2D eigenvalue weighted by molar-refractivity contribution is 0.411. The Morgan fingerprint density at radius 3 is 2.52 bits per heavy atom. The zero-order chi connectivity index (χ0) is 14.7. The predicted octanol–water partition coefficient (Wildman–Crippen LogP) is 2.00. The molecule has 0 radical (unpaired) electrons.